The minimum atomic E-state index is -0.311. The first-order valence-corrected chi connectivity index (χ1v) is 10.7. The van der Waals surface area contributed by atoms with Gasteiger partial charge < -0.3 is 0 Å². The third kappa shape index (κ3) is 6.84. The molecule has 0 aliphatic rings. The predicted molar refractivity (Wildman–Crippen MR) is 124 cm³/mol. The molecule has 3 rings (SSSR count). The zero-order valence-electron chi connectivity index (χ0n) is 18.1. The summed E-state index contributed by atoms with van der Waals surface area (Å²) in [6, 6.07) is 17.7. The van der Waals surface area contributed by atoms with Gasteiger partial charge in [-0.2, -0.15) is 0 Å². The lowest BCUT2D eigenvalue weighted by Crippen LogP contribution is -1.92. The molecule has 31 heavy (non-hydrogen) atoms. The van der Waals surface area contributed by atoms with E-state index in [0.717, 1.165) is 41.5 Å². The largest absolute Gasteiger partial charge is 0.207 e. The van der Waals surface area contributed by atoms with Crippen LogP contribution in [0.4, 0.5) is 8.78 Å². The molecule has 0 atom stereocenters. The molecule has 0 bridgehead atoms. The van der Waals surface area contributed by atoms with Crippen molar-refractivity contribution in [3.05, 3.63) is 106 Å². The monoisotopic (exact) mass is 412 g/mol. The number of unbranched alkanes of at least 4 members (excludes halogenated alkanes) is 3. The van der Waals surface area contributed by atoms with Crippen molar-refractivity contribution in [1.82, 2.24) is 0 Å². The molecule has 3 aromatic carbocycles. The molecular formula is C29H26F2. The minimum absolute atomic E-state index is 0.183. The molecule has 0 saturated carbocycles. The maximum absolute atomic E-state index is 14.3. The fourth-order valence-electron chi connectivity index (χ4n) is 3.21. The van der Waals surface area contributed by atoms with Gasteiger partial charge in [-0.3, -0.25) is 0 Å². The van der Waals surface area contributed by atoms with E-state index in [1.165, 1.54) is 25.0 Å². The van der Waals surface area contributed by atoms with E-state index >= 15 is 0 Å². The van der Waals surface area contributed by atoms with Crippen LogP contribution in [-0.4, -0.2) is 0 Å². The van der Waals surface area contributed by atoms with Crippen molar-refractivity contribution in [2.24, 2.45) is 0 Å². The average molecular weight is 413 g/mol. The number of aryl methyl sites for hydroxylation is 2. The van der Waals surface area contributed by atoms with E-state index in [4.69, 9.17) is 0 Å². The molecule has 3 aromatic rings. The topological polar surface area (TPSA) is 0 Å². The van der Waals surface area contributed by atoms with E-state index in [0.29, 0.717) is 11.1 Å². The fourth-order valence-corrected chi connectivity index (χ4v) is 3.21. The van der Waals surface area contributed by atoms with Gasteiger partial charge in [0.1, 0.15) is 11.6 Å². The van der Waals surface area contributed by atoms with Crippen LogP contribution in [0.5, 0.6) is 0 Å². The van der Waals surface area contributed by atoms with Gasteiger partial charge in [0.2, 0.25) is 0 Å². The van der Waals surface area contributed by atoms with Crippen LogP contribution in [0, 0.1) is 42.2 Å². The molecule has 0 spiro atoms. The van der Waals surface area contributed by atoms with Crippen molar-refractivity contribution >= 4 is 0 Å². The normalized spacial score (nSPS) is 10.1. The van der Waals surface area contributed by atoms with Crippen LogP contribution in [0.25, 0.3) is 0 Å². The maximum Gasteiger partial charge on any atom is 0.139 e. The Hall–Kier alpha value is -3.36. The molecule has 0 fully saturated rings. The van der Waals surface area contributed by atoms with Gasteiger partial charge in [-0.25, -0.2) is 8.78 Å². The lowest BCUT2D eigenvalue weighted by atomic mass is 10.0. The molecule has 0 aliphatic carbocycles. The van der Waals surface area contributed by atoms with E-state index < -0.39 is 0 Å². The average Bonchev–Trinajstić information content (AvgIpc) is 2.76. The van der Waals surface area contributed by atoms with E-state index in [2.05, 4.69) is 30.6 Å². The molecule has 0 unspecified atom stereocenters. The van der Waals surface area contributed by atoms with E-state index in [1.54, 1.807) is 6.07 Å². The minimum Gasteiger partial charge on any atom is -0.207 e. The number of benzene rings is 3. The second kappa shape index (κ2) is 11.1. The molecule has 0 N–H and O–H groups in total. The number of halogens is 2. The van der Waals surface area contributed by atoms with Crippen molar-refractivity contribution in [2.45, 2.75) is 46.0 Å². The van der Waals surface area contributed by atoms with Crippen molar-refractivity contribution in [3.8, 4) is 23.7 Å². The van der Waals surface area contributed by atoms with E-state index in [-0.39, 0.29) is 11.6 Å². The molecule has 0 saturated heterocycles. The summed E-state index contributed by atoms with van der Waals surface area (Å²) >= 11 is 0. The van der Waals surface area contributed by atoms with Crippen LogP contribution in [0.15, 0.2) is 60.7 Å². The van der Waals surface area contributed by atoms with Crippen molar-refractivity contribution in [3.63, 3.8) is 0 Å². The van der Waals surface area contributed by atoms with Crippen molar-refractivity contribution in [1.29, 1.82) is 0 Å². The molecule has 156 valence electrons. The molecule has 0 aromatic heterocycles. The highest BCUT2D eigenvalue weighted by molar-refractivity contribution is 5.48. The summed E-state index contributed by atoms with van der Waals surface area (Å²) in [4.78, 5) is 0. The van der Waals surface area contributed by atoms with Crippen molar-refractivity contribution < 1.29 is 8.78 Å². The summed E-state index contributed by atoms with van der Waals surface area (Å²) in [6.07, 6.45) is 5.29. The lowest BCUT2D eigenvalue weighted by molar-refractivity contribution is 0.593. The lowest BCUT2D eigenvalue weighted by Gasteiger charge is -2.03. The Kier molecular flexibility index (Phi) is 8.03. The van der Waals surface area contributed by atoms with Gasteiger partial charge in [-0.1, -0.05) is 62.0 Å². The van der Waals surface area contributed by atoms with Crippen LogP contribution >= 0.6 is 0 Å². The smallest absolute Gasteiger partial charge is 0.139 e. The zero-order valence-corrected chi connectivity index (χ0v) is 18.1. The quantitative estimate of drug-likeness (QED) is 0.307. The van der Waals surface area contributed by atoms with Crippen LogP contribution < -0.4 is 0 Å². The second-order valence-electron chi connectivity index (χ2n) is 7.68. The number of hydrogen-bond acceptors (Lipinski definition) is 0. The Morgan fingerprint density at radius 3 is 1.94 bits per heavy atom. The number of rotatable bonds is 5. The van der Waals surface area contributed by atoms with Crippen LogP contribution in [0.3, 0.4) is 0 Å². The van der Waals surface area contributed by atoms with Gasteiger partial charge in [-0.15, -0.1) is 0 Å². The second-order valence-corrected chi connectivity index (χ2v) is 7.68. The first-order chi connectivity index (χ1) is 15.0. The Bertz CT molecular complexity index is 1150. The fraction of sp³-hybridized carbons (Fsp3) is 0.241. The van der Waals surface area contributed by atoms with Gasteiger partial charge in [0.25, 0.3) is 0 Å². The highest BCUT2D eigenvalue weighted by atomic mass is 19.1. The first-order valence-electron chi connectivity index (χ1n) is 10.7. The summed E-state index contributed by atoms with van der Waals surface area (Å²) in [5.74, 6) is 11.4. The molecule has 0 radical (unpaired) electrons. The Morgan fingerprint density at radius 2 is 1.29 bits per heavy atom. The van der Waals surface area contributed by atoms with Gasteiger partial charge >= 0.3 is 0 Å². The van der Waals surface area contributed by atoms with E-state index in [1.807, 2.05) is 49.4 Å². The summed E-state index contributed by atoms with van der Waals surface area (Å²) in [7, 11) is 0. The Morgan fingerprint density at radius 1 is 0.645 bits per heavy atom. The zero-order chi connectivity index (χ0) is 22.1. The summed E-state index contributed by atoms with van der Waals surface area (Å²) < 4.78 is 28.2. The third-order valence-electron chi connectivity index (χ3n) is 5.05. The third-order valence-corrected chi connectivity index (χ3v) is 5.05. The van der Waals surface area contributed by atoms with E-state index in [9.17, 15) is 8.78 Å². The SMILES string of the molecule is CCCCCCc1ccc(C#Cc2ccc(C#Cc3ccc(C)cc3F)cc2)cc1F. The maximum atomic E-state index is 14.3. The van der Waals surface area contributed by atoms with Gasteiger partial charge in [-0.05, 0) is 79.4 Å². The summed E-state index contributed by atoms with van der Waals surface area (Å²) in [6.45, 7) is 4.01. The van der Waals surface area contributed by atoms with Gasteiger partial charge in [0, 0.05) is 16.7 Å². The molecule has 0 heterocycles. The molecule has 0 nitrogen and oxygen atoms in total. The standard InChI is InChI=1S/C29H26F2/c1-3-4-5-6-7-26-19-16-25(21-29(26)31)14-13-23-9-11-24(12-10-23)15-18-27-17-8-22(2)20-28(27)30/h8-12,16-17,19-21H,3-7H2,1-2H3. The Labute approximate surface area is 184 Å². The summed E-state index contributed by atoms with van der Waals surface area (Å²) in [5, 5.41) is 0. The van der Waals surface area contributed by atoms with Crippen LogP contribution in [-0.2, 0) is 6.42 Å². The predicted octanol–water partition coefficient (Wildman–Crippen LogP) is 7.20. The highest BCUT2D eigenvalue weighted by Crippen LogP contribution is 2.14. The molecule has 2 heteroatoms. The molecule has 0 amide bonds. The highest BCUT2D eigenvalue weighted by Gasteiger charge is 2.03. The van der Waals surface area contributed by atoms with Gasteiger partial charge in [0.05, 0.1) is 5.56 Å². The first kappa shape index (κ1) is 22.3. The van der Waals surface area contributed by atoms with Crippen LogP contribution in [0.2, 0.25) is 0 Å². The molecular weight excluding hydrogens is 386 g/mol. The number of hydrogen-bond donors (Lipinski definition) is 0. The van der Waals surface area contributed by atoms with Gasteiger partial charge in [0.15, 0.2) is 0 Å². The Balaban J connectivity index is 1.64. The molecule has 0 aliphatic heterocycles. The van der Waals surface area contributed by atoms with Crippen molar-refractivity contribution in [2.75, 3.05) is 0 Å². The van der Waals surface area contributed by atoms with Crippen LogP contribution in [0.1, 0.15) is 66.0 Å². The summed E-state index contributed by atoms with van der Waals surface area (Å²) in [5.41, 5.74) is 4.26.